The summed E-state index contributed by atoms with van der Waals surface area (Å²) >= 11 is 5.65. The second kappa shape index (κ2) is 5.42. The van der Waals surface area contributed by atoms with Crippen molar-refractivity contribution in [3.63, 3.8) is 0 Å². The minimum atomic E-state index is -0.433. The molecule has 6 nitrogen and oxygen atoms in total. The Morgan fingerprint density at radius 1 is 1.22 bits per heavy atom. The van der Waals surface area contributed by atoms with Crippen LogP contribution in [-0.4, -0.2) is 21.0 Å². The molecular formula is C11H10ClN5O. The molecule has 0 aromatic carbocycles. The molecule has 0 aliphatic carbocycles. The van der Waals surface area contributed by atoms with E-state index in [0.29, 0.717) is 5.69 Å². The molecule has 0 unspecified atom stereocenters. The highest BCUT2D eigenvalue weighted by atomic mass is 35.5. The van der Waals surface area contributed by atoms with Gasteiger partial charge in [0.2, 0.25) is 0 Å². The fourth-order valence-electron chi connectivity index (χ4n) is 1.22. The molecule has 0 bridgehead atoms. The number of hydrogen-bond acceptors (Lipinski definition) is 4. The number of carbonyl (C=O) groups excluding carboxylic acids is 1. The molecule has 18 heavy (non-hydrogen) atoms. The number of amides is 2. The molecule has 2 N–H and O–H groups in total. The van der Waals surface area contributed by atoms with E-state index in [2.05, 4.69) is 25.6 Å². The van der Waals surface area contributed by atoms with Crippen molar-refractivity contribution in [3.05, 3.63) is 41.6 Å². The lowest BCUT2D eigenvalue weighted by Crippen LogP contribution is -2.20. The van der Waals surface area contributed by atoms with Crippen LogP contribution in [0.3, 0.4) is 0 Å². The Morgan fingerprint density at radius 2 is 2.06 bits per heavy atom. The van der Waals surface area contributed by atoms with E-state index < -0.39 is 6.03 Å². The van der Waals surface area contributed by atoms with Gasteiger partial charge in [-0.15, -0.1) is 0 Å². The van der Waals surface area contributed by atoms with Gasteiger partial charge >= 0.3 is 6.03 Å². The van der Waals surface area contributed by atoms with Crippen LogP contribution in [0.25, 0.3) is 0 Å². The van der Waals surface area contributed by atoms with Crippen molar-refractivity contribution < 1.29 is 4.79 Å². The molecule has 2 aromatic rings. The highest BCUT2D eigenvalue weighted by molar-refractivity contribution is 6.29. The summed E-state index contributed by atoms with van der Waals surface area (Å²) in [7, 11) is 0. The molecule has 2 aromatic heterocycles. The van der Waals surface area contributed by atoms with Gasteiger partial charge in [0, 0.05) is 5.69 Å². The number of aromatic nitrogens is 3. The van der Waals surface area contributed by atoms with Gasteiger partial charge < -0.3 is 5.32 Å². The maximum absolute atomic E-state index is 11.6. The van der Waals surface area contributed by atoms with Gasteiger partial charge in [-0.1, -0.05) is 11.6 Å². The van der Waals surface area contributed by atoms with Gasteiger partial charge in [-0.3, -0.25) is 15.3 Å². The molecule has 2 amide bonds. The normalized spacial score (nSPS) is 9.89. The summed E-state index contributed by atoms with van der Waals surface area (Å²) in [5.41, 5.74) is 1.47. The summed E-state index contributed by atoms with van der Waals surface area (Å²) in [6.45, 7) is 1.87. The van der Waals surface area contributed by atoms with Crippen molar-refractivity contribution >= 4 is 29.1 Å². The number of nitrogens with one attached hydrogen (secondary N) is 2. The Morgan fingerprint density at radius 3 is 2.72 bits per heavy atom. The number of rotatable bonds is 2. The zero-order valence-corrected chi connectivity index (χ0v) is 10.3. The van der Waals surface area contributed by atoms with Gasteiger partial charge in [-0.25, -0.2) is 9.78 Å². The third-order valence-corrected chi connectivity index (χ3v) is 2.20. The zero-order chi connectivity index (χ0) is 13.0. The first-order valence-electron chi connectivity index (χ1n) is 5.12. The maximum atomic E-state index is 11.6. The quantitative estimate of drug-likeness (QED) is 0.872. The van der Waals surface area contributed by atoms with Crippen LogP contribution in [0, 0.1) is 6.92 Å². The Balaban J connectivity index is 1.98. The van der Waals surface area contributed by atoms with Crippen LogP contribution in [0.2, 0.25) is 5.15 Å². The number of anilines is 2. The summed E-state index contributed by atoms with van der Waals surface area (Å²) in [4.78, 5) is 23.4. The summed E-state index contributed by atoms with van der Waals surface area (Å²) in [5.74, 6) is 0.278. The van der Waals surface area contributed by atoms with Crippen molar-refractivity contribution in [1.29, 1.82) is 0 Å². The van der Waals surface area contributed by atoms with Crippen LogP contribution >= 0.6 is 11.6 Å². The lowest BCUT2D eigenvalue weighted by Gasteiger charge is -2.06. The first-order valence-corrected chi connectivity index (χ1v) is 5.49. The van der Waals surface area contributed by atoms with Crippen molar-refractivity contribution in [3.8, 4) is 0 Å². The molecule has 2 heterocycles. The van der Waals surface area contributed by atoms with E-state index in [1.165, 1.54) is 12.4 Å². The van der Waals surface area contributed by atoms with Crippen molar-refractivity contribution in [1.82, 2.24) is 15.0 Å². The number of carbonyl (C=O) groups is 1. The highest BCUT2D eigenvalue weighted by Crippen LogP contribution is 2.09. The first kappa shape index (κ1) is 12.3. The topological polar surface area (TPSA) is 79.8 Å². The molecule has 0 fully saturated rings. The fourth-order valence-corrected chi connectivity index (χ4v) is 1.37. The van der Waals surface area contributed by atoms with Gasteiger partial charge in [0.25, 0.3) is 0 Å². The van der Waals surface area contributed by atoms with Gasteiger partial charge in [0.15, 0.2) is 5.82 Å². The number of pyridine rings is 1. The van der Waals surface area contributed by atoms with E-state index in [1.807, 2.05) is 6.92 Å². The van der Waals surface area contributed by atoms with Crippen molar-refractivity contribution in [2.24, 2.45) is 0 Å². The molecule has 0 saturated carbocycles. The Bertz CT molecular complexity index is 558. The van der Waals surface area contributed by atoms with E-state index in [4.69, 9.17) is 11.6 Å². The average molecular weight is 264 g/mol. The highest BCUT2D eigenvalue weighted by Gasteiger charge is 2.04. The van der Waals surface area contributed by atoms with Gasteiger partial charge in [-0.2, -0.15) is 0 Å². The van der Waals surface area contributed by atoms with Crippen molar-refractivity contribution in [2.75, 3.05) is 10.6 Å². The van der Waals surface area contributed by atoms with E-state index >= 15 is 0 Å². The lowest BCUT2D eigenvalue weighted by atomic mass is 10.3. The largest absolute Gasteiger partial charge is 0.324 e. The lowest BCUT2D eigenvalue weighted by molar-refractivity contribution is 0.262. The Labute approximate surface area is 108 Å². The third kappa shape index (κ3) is 3.39. The zero-order valence-electron chi connectivity index (χ0n) is 9.51. The molecule has 0 atom stereocenters. The minimum absolute atomic E-state index is 0.213. The van der Waals surface area contributed by atoms with Crippen LogP contribution in [-0.2, 0) is 0 Å². The van der Waals surface area contributed by atoms with E-state index in [0.717, 1.165) is 5.69 Å². The van der Waals surface area contributed by atoms with E-state index in [-0.39, 0.29) is 11.0 Å². The first-order chi connectivity index (χ1) is 8.63. The predicted octanol–water partition coefficient (Wildman–Crippen LogP) is 2.48. The molecule has 0 spiro atoms. The SMILES string of the molecule is Cc1ccc(NC(=O)Nc2cncc(Cl)n2)cn1. The number of hydrogen-bond donors (Lipinski definition) is 2. The van der Waals surface area contributed by atoms with Crippen LogP contribution in [0.5, 0.6) is 0 Å². The van der Waals surface area contributed by atoms with Gasteiger partial charge in [0.05, 0.1) is 24.3 Å². The molecular weight excluding hydrogens is 254 g/mol. The second-order valence-corrected chi connectivity index (χ2v) is 3.88. The molecule has 2 rings (SSSR count). The van der Waals surface area contributed by atoms with Crippen LogP contribution < -0.4 is 10.6 Å². The summed E-state index contributed by atoms with van der Waals surface area (Å²) in [6, 6.07) is 3.12. The maximum Gasteiger partial charge on any atom is 0.324 e. The minimum Gasteiger partial charge on any atom is -0.306 e. The fraction of sp³-hybridized carbons (Fsp3) is 0.0909. The molecule has 0 aliphatic rings. The monoisotopic (exact) mass is 263 g/mol. The molecule has 92 valence electrons. The smallest absolute Gasteiger partial charge is 0.306 e. The molecule has 0 saturated heterocycles. The van der Waals surface area contributed by atoms with Crippen LogP contribution in [0.15, 0.2) is 30.7 Å². The number of nitrogens with zero attached hydrogens (tertiary/aromatic N) is 3. The summed E-state index contributed by atoms with van der Waals surface area (Å²) in [6.07, 6.45) is 4.35. The predicted molar refractivity (Wildman–Crippen MR) is 68.7 cm³/mol. The van der Waals surface area contributed by atoms with E-state index in [1.54, 1.807) is 18.3 Å². The number of halogens is 1. The summed E-state index contributed by atoms with van der Waals surface area (Å²) < 4.78 is 0. The van der Waals surface area contributed by atoms with Crippen LogP contribution in [0.4, 0.5) is 16.3 Å². The van der Waals surface area contributed by atoms with Crippen LogP contribution in [0.1, 0.15) is 5.69 Å². The Hall–Kier alpha value is -2.21. The third-order valence-electron chi connectivity index (χ3n) is 2.02. The molecule has 7 heteroatoms. The number of aryl methyl sites for hydroxylation is 1. The van der Waals surface area contributed by atoms with Gasteiger partial charge in [-0.05, 0) is 19.1 Å². The molecule has 0 radical (unpaired) electrons. The Kier molecular flexibility index (Phi) is 3.69. The van der Waals surface area contributed by atoms with E-state index in [9.17, 15) is 4.79 Å². The summed E-state index contributed by atoms with van der Waals surface area (Å²) in [5, 5.41) is 5.34. The second-order valence-electron chi connectivity index (χ2n) is 3.49. The van der Waals surface area contributed by atoms with Gasteiger partial charge in [0.1, 0.15) is 5.15 Å². The molecule has 0 aliphatic heterocycles. The average Bonchev–Trinajstić information content (AvgIpc) is 2.32. The van der Waals surface area contributed by atoms with Crippen molar-refractivity contribution in [2.45, 2.75) is 6.92 Å². The number of urea groups is 1. The standard InChI is InChI=1S/C11H10ClN5O/c1-7-2-3-8(4-14-7)15-11(18)17-10-6-13-5-9(12)16-10/h2-6H,1H3,(H2,15,16,17,18).